The molecule has 0 amide bonds. The highest BCUT2D eigenvalue weighted by atomic mass is 19.1. The number of nitrogens with one attached hydrogen (secondary N) is 1. The van der Waals surface area contributed by atoms with Crippen LogP contribution in [-0.4, -0.2) is 0 Å². The Bertz CT molecular complexity index is 591. The minimum atomic E-state index is -0.557. The van der Waals surface area contributed by atoms with Crippen molar-refractivity contribution in [1.29, 1.82) is 0 Å². The van der Waals surface area contributed by atoms with Gasteiger partial charge >= 0.3 is 0 Å². The van der Waals surface area contributed by atoms with Crippen molar-refractivity contribution < 1.29 is 8.78 Å². The van der Waals surface area contributed by atoms with Gasteiger partial charge in [-0.25, -0.2) is 8.78 Å². The Morgan fingerprint density at radius 1 is 1.00 bits per heavy atom. The predicted molar refractivity (Wildman–Crippen MR) is 78.9 cm³/mol. The summed E-state index contributed by atoms with van der Waals surface area (Å²) < 4.78 is 27.8. The molecular formula is C17H19F2N. The normalized spacial score (nSPS) is 12.2. The van der Waals surface area contributed by atoms with Crippen molar-refractivity contribution in [3.63, 3.8) is 0 Å². The molecule has 1 unspecified atom stereocenters. The minimum Gasteiger partial charge on any atom is -0.373 e. The Morgan fingerprint density at radius 2 is 1.65 bits per heavy atom. The van der Waals surface area contributed by atoms with Gasteiger partial charge in [-0.1, -0.05) is 42.8 Å². The van der Waals surface area contributed by atoms with Crippen LogP contribution in [0.1, 0.15) is 36.1 Å². The van der Waals surface area contributed by atoms with Crippen LogP contribution in [0.25, 0.3) is 0 Å². The average Bonchev–Trinajstić information content (AvgIpc) is 2.45. The highest BCUT2D eigenvalue weighted by molar-refractivity contribution is 5.50. The number of halogens is 2. The summed E-state index contributed by atoms with van der Waals surface area (Å²) in [5.74, 6) is -1.07. The molecule has 0 bridgehead atoms. The molecule has 0 aliphatic heterocycles. The third-order valence-electron chi connectivity index (χ3n) is 3.49. The van der Waals surface area contributed by atoms with E-state index in [9.17, 15) is 8.78 Å². The molecule has 0 aromatic heterocycles. The van der Waals surface area contributed by atoms with Gasteiger partial charge < -0.3 is 5.32 Å². The van der Waals surface area contributed by atoms with Crippen LogP contribution in [0.15, 0.2) is 36.4 Å². The first-order valence-electron chi connectivity index (χ1n) is 6.80. The lowest BCUT2D eigenvalue weighted by molar-refractivity contribution is 0.575. The topological polar surface area (TPSA) is 12.0 Å². The molecule has 1 nitrogen and oxygen atoms in total. The number of hydrogen-bond donors (Lipinski definition) is 1. The van der Waals surface area contributed by atoms with Gasteiger partial charge in [-0.05, 0) is 37.5 Å². The van der Waals surface area contributed by atoms with Crippen molar-refractivity contribution in [3.05, 3.63) is 64.7 Å². The smallest absolute Gasteiger partial charge is 0.152 e. The van der Waals surface area contributed by atoms with Crippen LogP contribution >= 0.6 is 0 Å². The van der Waals surface area contributed by atoms with E-state index in [1.165, 1.54) is 12.1 Å². The summed E-state index contributed by atoms with van der Waals surface area (Å²) in [5, 5.41) is 2.99. The predicted octanol–water partition coefficient (Wildman–Crippen LogP) is 5.14. The van der Waals surface area contributed by atoms with E-state index in [-0.39, 0.29) is 11.7 Å². The van der Waals surface area contributed by atoms with Crippen molar-refractivity contribution in [2.75, 3.05) is 5.32 Å². The Hall–Kier alpha value is -1.90. The highest BCUT2D eigenvalue weighted by Crippen LogP contribution is 2.28. The fraction of sp³-hybridized carbons (Fsp3) is 0.294. The van der Waals surface area contributed by atoms with E-state index in [0.29, 0.717) is 5.56 Å². The Labute approximate surface area is 118 Å². The maximum atomic E-state index is 14.0. The summed E-state index contributed by atoms with van der Waals surface area (Å²) in [7, 11) is 0. The largest absolute Gasteiger partial charge is 0.373 e. The van der Waals surface area contributed by atoms with Gasteiger partial charge in [0.15, 0.2) is 5.82 Å². The second-order valence-corrected chi connectivity index (χ2v) is 5.07. The Balaban J connectivity index is 2.31. The molecule has 1 atom stereocenters. The molecule has 0 aliphatic carbocycles. The van der Waals surface area contributed by atoms with E-state index in [1.54, 1.807) is 6.92 Å². The van der Waals surface area contributed by atoms with Gasteiger partial charge in [0.2, 0.25) is 0 Å². The van der Waals surface area contributed by atoms with Gasteiger partial charge in [-0.15, -0.1) is 0 Å². The standard InChI is InChI=1S/C17H19F2N/c1-4-15(13-8-5-11(2)6-9-13)20-17-14(18)10-7-12(3)16(17)19/h5-10,15,20H,4H2,1-3H3. The van der Waals surface area contributed by atoms with Gasteiger partial charge in [-0.2, -0.15) is 0 Å². The van der Waals surface area contributed by atoms with Crippen molar-refractivity contribution in [3.8, 4) is 0 Å². The zero-order valence-corrected chi connectivity index (χ0v) is 12.0. The number of benzene rings is 2. The third-order valence-corrected chi connectivity index (χ3v) is 3.49. The summed E-state index contributed by atoms with van der Waals surface area (Å²) in [6, 6.07) is 10.6. The van der Waals surface area contributed by atoms with Crippen LogP contribution in [0.5, 0.6) is 0 Å². The van der Waals surface area contributed by atoms with E-state index in [1.807, 2.05) is 38.1 Å². The zero-order chi connectivity index (χ0) is 14.7. The fourth-order valence-electron chi connectivity index (χ4n) is 2.18. The molecular weight excluding hydrogens is 256 g/mol. The number of aryl methyl sites for hydroxylation is 2. The van der Waals surface area contributed by atoms with Gasteiger partial charge in [0.25, 0.3) is 0 Å². The second-order valence-electron chi connectivity index (χ2n) is 5.07. The first kappa shape index (κ1) is 14.5. The Kier molecular flexibility index (Phi) is 4.38. The molecule has 0 saturated carbocycles. The van der Waals surface area contributed by atoms with Crippen LogP contribution < -0.4 is 5.32 Å². The molecule has 3 heteroatoms. The molecule has 0 saturated heterocycles. The number of anilines is 1. The van der Waals surface area contributed by atoms with Crippen molar-refractivity contribution in [2.45, 2.75) is 33.2 Å². The summed E-state index contributed by atoms with van der Waals surface area (Å²) in [6.45, 7) is 5.63. The number of hydrogen-bond acceptors (Lipinski definition) is 1. The fourth-order valence-corrected chi connectivity index (χ4v) is 2.18. The first-order chi connectivity index (χ1) is 9.52. The van der Waals surface area contributed by atoms with Gasteiger partial charge in [0.1, 0.15) is 11.5 Å². The van der Waals surface area contributed by atoms with Gasteiger partial charge in [-0.3, -0.25) is 0 Å². The summed E-state index contributed by atoms with van der Waals surface area (Å²) >= 11 is 0. The first-order valence-corrected chi connectivity index (χ1v) is 6.80. The monoisotopic (exact) mass is 275 g/mol. The van der Waals surface area contributed by atoms with Crippen molar-refractivity contribution in [2.24, 2.45) is 0 Å². The molecule has 1 N–H and O–H groups in total. The SMILES string of the molecule is CCC(Nc1c(F)ccc(C)c1F)c1ccc(C)cc1. The summed E-state index contributed by atoms with van der Waals surface area (Å²) in [6.07, 6.45) is 0.746. The van der Waals surface area contributed by atoms with E-state index in [2.05, 4.69) is 5.32 Å². The molecule has 20 heavy (non-hydrogen) atoms. The highest BCUT2D eigenvalue weighted by Gasteiger charge is 2.16. The molecule has 0 heterocycles. The van der Waals surface area contributed by atoms with Crippen molar-refractivity contribution >= 4 is 5.69 Å². The van der Waals surface area contributed by atoms with E-state index in [0.717, 1.165) is 17.5 Å². The van der Waals surface area contributed by atoms with E-state index < -0.39 is 11.6 Å². The van der Waals surface area contributed by atoms with Crippen molar-refractivity contribution in [1.82, 2.24) is 0 Å². The second kappa shape index (κ2) is 6.04. The Morgan fingerprint density at radius 3 is 2.25 bits per heavy atom. The molecule has 0 aliphatic rings. The maximum absolute atomic E-state index is 14.0. The molecule has 2 rings (SSSR count). The third kappa shape index (κ3) is 2.98. The van der Waals surface area contributed by atoms with Crippen LogP contribution in [0, 0.1) is 25.5 Å². The maximum Gasteiger partial charge on any atom is 0.152 e. The summed E-state index contributed by atoms with van der Waals surface area (Å²) in [5.41, 5.74) is 2.58. The molecule has 2 aromatic carbocycles. The van der Waals surface area contributed by atoms with Crippen LogP contribution in [0.4, 0.5) is 14.5 Å². The molecule has 0 spiro atoms. The zero-order valence-electron chi connectivity index (χ0n) is 12.0. The van der Waals surface area contributed by atoms with E-state index >= 15 is 0 Å². The quantitative estimate of drug-likeness (QED) is 0.814. The van der Waals surface area contributed by atoms with Crippen LogP contribution in [0.3, 0.4) is 0 Å². The molecule has 0 radical (unpaired) electrons. The van der Waals surface area contributed by atoms with Crippen LogP contribution in [0.2, 0.25) is 0 Å². The average molecular weight is 275 g/mol. The lowest BCUT2D eigenvalue weighted by atomic mass is 10.0. The lowest BCUT2D eigenvalue weighted by Crippen LogP contribution is -2.12. The van der Waals surface area contributed by atoms with E-state index in [4.69, 9.17) is 0 Å². The van der Waals surface area contributed by atoms with Gasteiger partial charge in [0, 0.05) is 0 Å². The number of rotatable bonds is 4. The molecule has 0 fully saturated rings. The van der Waals surface area contributed by atoms with Crippen LogP contribution in [-0.2, 0) is 0 Å². The lowest BCUT2D eigenvalue weighted by Gasteiger charge is -2.20. The van der Waals surface area contributed by atoms with Gasteiger partial charge in [0.05, 0.1) is 6.04 Å². The molecule has 2 aromatic rings. The minimum absolute atomic E-state index is 0.0441. The summed E-state index contributed by atoms with van der Waals surface area (Å²) in [4.78, 5) is 0. The molecule has 106 valence electrons.